The SMILES string of the molecule is CC1(C)c2cc3c(cc2-c2c1c1ccccc1c1c4ccccc4c4ccccc4c21)c1ccccc1n3-c1ccccc1. The summed E-state index contributed by atoms with van der Waals surface area (Å²) in [5.41, 5.74) is 9.13. The van der Waals surface area contributed by atoms with E-state index in [1.807, 2.05) is 0 Å². The minimum absolute atomic E-state index is 0.183. The summed E-state index contributed by atoms with van der Waals surface area (Å²) >= 11 is 0. The van der Waals surface area contributed by atoms with Gasteiger partial charge in [-0.15, -0.1) is 0 Å². The van der Waals surface area contributed by atoms with Gasteiger partial charge in [0.25, 0.3) is 0 Å². The van der Waals surface area contributed by atoms with Gasteiger partial charge in [0, 0.05) is 21.9 Å². The molecular weight excluding hydrogens is 530 g/mol. The minimum atomic E-state index is -0.183. The van der Waals surface area contributed by atoms with Gasteiger partial charge in [0.05, 0.1) is 11.0 Å². The molecule has 0 radical (unpaired) electrons. The lowest BCUT2D eigenvalue weighted by Crippen LogP contribution is -2.15. The Balaban J connectivity index is 1.47. The first kappa shape index (κ1) is 24.1. The predicted molar refractivity (Wildman–Crippen MR) is 188 cm³/mol. The first-order chi connectivity index (χ1) is 21.6. The van der Waals surface area contributed by atoms with Crippen LogP contribution in [-0.4, -0.2) is 4.57 Å². The maximum Gasteiger partial charge on any atom is 0.0544 e. The highest BCUT2D eigenvalue weighted by Crippen LogP contribution is 2.58. The third-order valence-corrected chi connectivity index (χ3v) is 10.3. The third-order valence-electron chi connectivity index (χ3n) is 10.3. The van der Waals surface area contributed by atoms with E-state index in [-0.39, 0.29) is 5.41 Å². The van der Waals surface area contributed by atoms with Gasteiger partial charge in [-0.3, -0.25) is 0 Å². The fourth-order valence-electron chi connectivity index (χ4n) is 8.51. The molecule has 206 valence electrons. The third kappa shape index (κ3) is 2.89. The highest BCUT2D eigenvalue weighted by Gasteiger charge is 2.40. The Morgan fingerprint density at radius 2 is 0.955 bits per heavy atom. The molecule has 0 saturated heterocycles. The largest absolute Gasteiger partial charge is 0.309 e. The lowest BCUT2D eigenvalue weighted by atomic mass is 9.78. The standard InChI is InChI=1S/C43H29N/c1-43(2)36-25-38-34(29-18-12-13-23-37(29)44(38)26-14-4-3-5-15-26)24-35(36)41-40-31-20-9-7-17-28(31)27-16-6-8-19-30(27)39(40)32-21-10-11-22-33(32)42(41)43/h3-25H,1-2H3. The van der Waals surface area contributed by atoms with Gasteiger partial charge in [-0.1, -0.05) is 123 Å². The first-order valence-corrected chi connectivity index (χ1v) is 15.5. The lowest BCUT2D eigenvalue weighted by molar-refractivity contribution is 0.667. The Kier molecular flexibility index (Phi) is 4.58. The summed E-state index contributed by atoms with van der Waals surface area (Å²) in [6.45, 7) is 4.86. The molecule has 0 amide bonds. The zero-order chi connectivity index (χ0) is 29.2. The van der Waals surface area contributed by atoms with E-state index in [0.717, 1.165) is 0 Å². The Labute approximate surface area is 255 Å². The molecule has 1 aliphatic rings. The minimum Gasteiger partial charge on any atom is -0.309 e. The van der Waals surface area contributed by atoms with E-state index in [1.165, 1.54) is 92.8 Å². The number of para-hydroxylation sites is 2. The van der Waals surface area contributed by atoms with Gasteiger partial charge in [-0.05, 0) is 95.7 Å². The summed E-state index contributed by atoms with van der Waals surface area (Å²) in [5, 5.41) is 13.3. The van der Waals surface area contributed by atoms with Crippen LogP contribution in [0, 0.1) is 0 Å². The molecule has 1 nitrogen and oxygen atoms in total. The smallest absolute Gasteiger partial charge is 0.0544 e. The quantitative estimate of drug-likeness (QED) is 0.176. The molecule has 1 aliphatic carbocycles. The highest BCUT2D eigenvalue weighted by molar-refractivity contribution is 6.36. The molecule has 0 spiro atoms. The van der Waals surface area contributed by atoms with Crippen molar-refractivity contribution in [1.29, 1.82) is 0 Å². The molecule has 0 aliphatic heterocycles. The Morgan fingerprint density at radius 1 is 0.432 bits per heavy atom. The molecule has 8 aromatic carbocycles. The second kappa shape index (κ2) is 8.36. The molecule has 1 aromatic heterocycles. The van der Waals surface area contributed by atoms with Crippen molar-refractivity contribution in [2.45, 2.75) is 19.3 Å². The van der Waals surface area contributed by atoms with Crippen LogP contribution in [-0.2, 0) is 5.41 Å². The fraction of sp³-hybridized carbons (Fsp3) is 0.0698. The van der Waals surface area contributed by atoms with Crippen LogP contribution in [0.1, 0.15) is 25.0 Å². The van der Waals surface area contributed by atoms with E-state index >= 15 is 0 Å². The van der Waals surface area contributed by atoms with Gasteiger partial charge in [0.2, 0.25) is 0 Å². The maximum absolute atomic E-state index is 2.51. The van der Waals surface area contributed by atoms with Crippen molar-refractivity contribution in [3.8, 4) is 16.8 Å². The van der Waals surface area contributed by atoms with Crippen molar-refractivity contribution in [2.24, 2.45) is 0 Å². The molecule has 0 fully saturated rings. The number of hydrogen-bond acceptors (Lipinski definition) is 0. The summed E-state index contributed by atoms with van der Waals surface area (Å²) in [6, 6.07) is 51.8. The topological polar surface area (TPSA) is 4.93 Å². The summed E-state index contributed by atoms with van der Waals surface area (Å²) in [6.07, 6.45) is 0. The van der Waals surface area contributed by atoms with E-state index in [2.05, 4.69) is 158 Å². The summed E-state index contributed by atoms with van der Waals surface area (Å²) in [7, 11) is 0. The molecule has 0 saturated carbocycles. The van der Waals surface area contributed by atoms with Gasteiger partial charge >= 0.3 is 0 Å². The van der Waals surface area contributed by atoms with Crippen LogP contribution in [0.4, 0.5) is 0 Å². The Morgan fingerprint density at radius 3 is 1.64 bits per heavy atom. The van der Waals surface area contributed by atoms with Gasteiger partial charge in [0.15, 0.2) is 0 Å². The second-order valence-electron chi connectivity index (χ2n) is 12.9. The van der Waals surface area contributed by atoms with Gasteiger partial charge in [-0.2, -0.15) is 0 Å². The van der Waals surface area contributed by atoms with E-state index in [9.17, 15) is 0 Å². The van der Waals surface area contributed by atoms with E-state index < -0.39 is 0 Å². The molecule has 0 bridgehead atoms. The van der Waals surface area contributed by atoms with E-state index in [1.54, 1.807) is 0 Å². The zero-order valence-electron chi connectivity index (χ0n) is 24.7. The van der Waals surface area contributed by atoms with Crippen molar-refractivity contribution in [2.75, 3.05) is 0 Å². The fourth-order valence-corrected chi connectivity index (χ4v) is 8.51. The van der Waals surface area contributed by atoms with E-state index in [0.29, 0.717) is 0 Å². The normalized spacial score (nSPS) is 13.9. The Hall–Kier alpha value is -5.40. The van der Waals surface area contributed by atoms with Crippen molar-refractivity contribution < 1.29 is 0 Å². The molecule has 0 N–H and O–H groups in total. The van der Waals surface area contributed by atoms with Crippen LogP contribution in [0.15, 0.2) is 140 Å². The van der Waals surface area contributed by atoms with Crippen molar-refractivity contribution >= 4 is 64.9 Å². The van der Waals surface area contributed by atoms with Gasteiger partial charge < -0.3 is 4.57 Å². The number of hydrogen-bond donors (Lipinski definition) is 0. The molecule has 0 atom stereocenters. The van der Waals surface area contributed by atoms with Crippen LogP contribution in [0.3, 0.4) is 0 Å². The number of benzene rings is 8. The average Bonchev–Trinajstić information content (AvgIpc) is 3.52. The molecule has 44 heavy (non-hydrogen) atoms. The number of nitrogens with zero attached hydrogens (tertiary/aromatic N) is 1. The molecule has 10 rings (SSSR count). The molecule has 1 heterocycles. The van der Waals surface area contributed by atoms with Crippen molar-refractivity contribution in [1.82, 2.24) is 4.57 Å². The summed E-state index contributed by atoms with van der Waals surface area (Å²) in [5.74, 6) is 0. The Bertz CT molecular complexity index is 2670. The predicted octanol–water partition coefficient (Wildman–Crippen LogP) is 11.7. The average molecular weight is 560 g/mol. The molecule has 0 unspecified atom stereocenters. The molecule has 9 aromatic rings. The van der Waals surface area contributed by atoms with Crippen LogP contribution < -0.4 is 0 Å². The number of fused-ring (bicyclic) bond motifs is 16. The number of rotatable bonds is 1. The van der Waals surface area contributed by atoms with Crippen LogP contribution in [0.5, 0.6) is 0 Å². The lowest BCUT2D eigenvalue weighted by Gasteiger charge is -2.25. The van der Waals surface area contributed by atoms with Gasteiger partial charge in [-0.25, -0.2) is 0 Å². The molecule has 1 heteroatoms. The second-order valence-corrected chi connectivity index (χ2v) is 12.9. The van der Waals surface area contributed by atoms with Crippen molar-refractivity contribution in [3.05, 3.63) is 151 Å². The van der Waals surface area contributed by atoms with Crippen LogP contribution >= 0.6 is 0 Å². The van der Waals surface area contributed by atoms with Crippen molar-refractivity contribution in [3.63, 3.8) is 0 Å². The first-order valence-electron chi connectivity index (χ1n) is 15.5. The highest BCUT2D eigenvalue weighted by atomic mass is 15.0. The van der Waals surface area contributed by atoms with Crippen LogP contribution in [0.2, 0.25) is 0 Å². The number of aromatic nitrogens is 1. The van der Waals surface area contributed by atoms with Gasteiger partial charge in [0.1, 0.15) is 0 Å². The summed E-state index contributed by atoms with van der Waals surface area (Å²) < 4.78 is 2.45. The zero-order valence-corrected chi connectivity index (χ0v) is 24.7. The maximum atomic E-state index is 2.51. The van der Waals surface area contributed by atoms with E-state index in [4.69, 9.17) is 0 Å². The monoisotopic (exact) mass is 559 g/mol. The summed E-state index contributed by atoms with van der Waals surface area (Å²) in [4.78, 5) is 0. The molecular formula is C43H29N. The van der Waals surface area contributed by atoms with Crippen LogP contribution in [0.25, 0.3) is 81.7 Å².